The molecule has 0 aliphatic carbocycles. The average Bonchev–Trinajstić information content (AvgIpc) is 2.38. The smallest absolute Gasteiger partial charge is 0.330 e. The van der Waals surface area contributed by atoms with Gasteiger partial charge in [0.15, 0.2) is 6.04 Å². The third-order valence-corrected chi connectivity index (χ3v) is 2.50. The van der Waals surface area contributed by atoms with Crippen LogP contribution < -0.4 is 5.56 Å². The summed E-state index contributed by atoms with van der Waals surface area (Å²) in [5.74, 6) is -0.531. The number of nitrogens with zero attached hydrogens (tertiary/aromatic N) is 3. The molecule has 6 heteroatoms. The van der Waals surface area contributed by atoms with E-state index in [0.29, 0.717) is 10.9 Å². The molecule has 0 N–H and O–H groups in total. The lowest BCUT2D eigenvalue weighted by Crippen LogP contribution is -2.31. The molecule has 1 atom stereocenters. The van der Waals surface area contributed by atoms with Gasteiger partial charge in [-0.05, 0) is 19.1 Å². The highest BCUT2D eigenvalue weighted by molar-refractivity contribution is 5.77. The van der Waals surface area contributed by atoms with Crippen molar-refractivity contribution in [3.63, 3.8) is 0 Å². The van der Waals surface area contributed by atoms with Gasteiger partial charge in [0.25, 0.3) is 5.56 Å². The second kappa shape index (κ2) is 4.32. The first-order valence-corrected chi connectivity index (χ1v) is 5.07. The first kappa shape index (κ1) is 11.3. The molecule has 0 radical (unpaired) electrons. The number of ether oxygens (including phenoxy) is 1. The van der Waals surface area contributed by atoms with Crippen molar-refractivity contribution in [3.8, 4) is 0 Å². The van der Waals surface area contributed by atoms with Crippen molar-refractivity contribution in [3.05, 3.63) is 34.6 Å². The van der Waals surface area contributed by atoms with Crippen LogP contribution in [0.25, 0.3) is 10.9 Å². The Balaban J connectivity index is 2.61. The van der Waals surface area contributed by atoms with Crippen LogP contribution >= 0.6 is 0 Å². The maximum atomic E-state index is 12.0. The highest BCUT2D eigenvalue weighted by atomic mass is 16.5. The number of hydrogen-bond acceptors (Lipinski definition) is 5. The minimum absolute atomic E-state index is 0.353. The molecule has 0 aliphatic heterocycles. The quantitative estimate of drug-likeness (QED) is 0.707. The lowest BCUT2D eigenvalue weighted by atomic mass is 10.2. The Morgan fingerprint density at radius 2 is 2.12 bits per heavy atom. The lowest BCUT2D eigenvalue weighted by Gasteiger charge is -2.10. The molecule has 0 amide bonds. The Labute approximate surface area is 96.8 Å². The van der Waals surface area contributed by atoms with E-state index < -0.39 is 12.0 Å². The summed E-state index contributed by atoms with van der Waals surface area (Å²) < 4.78 is 5.59. The monoisotopic (exact) mass is 233 g/mol. The van der Waals surface area contributed by atoms with Crippen LogP contribution in [-0.2, 0) is 9.53 Å². The van der Waals surface area contributed by atoms with Crippen LogP contribution in [0.1, 0.15) is 13.0 Å². The molecule has 0 fully saturated rings. The van der Waals surface area contributed by atoms with E-state index in [1.165, 1.54) is 14.0 Å². The fraction of sp³-hybridized carbons (Fsp3) is 0.273. The van der Waals surface area contributed by atoms with Crippen molar-refractivity contribution >= 4 is 16.9 Å². The zero-order valence-electron chi connectivity index (χ0n) is 9.45. The van der Waals surface area contributed by atoms with Crippen LogP contribution in [0.15, 0.2) is 29.1 Å². The number of methoxy groups -OCH3 is 1. The van der Waals surface area contributed by atoms with Gasteiger partial charge in [-0.25, -0.2) is 4.79 Å². The molecular formula is C11H11N3O3. The maximum absolute atomic E-state index is 12.0. The van der Waals surface area contributed by atoms with Gasteiger partial charge in [0.1, 0.15) is 5.52 Å². The number of carbonyl (C=O) groups excluding carboxylic acids is 1. The molecule has 88 valence electrons. The summed E-state index contributed by atoms with van der Waals surface area (Å²) in [6, 6.07) is 6.05. The third-order valence-electron chi connectivity index (χ3n) is 2.50. The van der Waals surface area contributed by atoms with Gasteiger partial charge >= 0.3 is 5.97 Å². The van der Waals surface area contributed by atoms with Crippen molar-refractivity contribution in [2.24, 2.45) is 0 Å². The molecule has 1 aromatic heterocycles. The number of esters is 1. The number of aromatic nitrogens is 3. The van der Waals surface area contributed by atoms with E-state index in [1.807, 2.05) is 0 Å². The normalized spacial score (nSPS) is 12.4. The Kier molecular flexibility index (Phi) is 2.86. The predicted octanol–water partition coefficient (Wildman–Crippen LogP) is 0.525. The standard InChI is InChI=1S/C11H11N3O3/c1-7(11(16)17-2)14-10(15)8-5-3-4-6-9(8)12-13-14/h3-7H,1-2H3/t7-/m0/s1. The third kappa shape index (κ3) is 1.89. The van der Waals surface area contributed by atoms with Gasteiger partial charge in [-0.2, -0.15) is 4.68 Å². The zero-order chi connectivity index (χ0) is 12.4. The molecule has 2 aromatic rings. The SMILES string of the molecule is COC(=O)[C@H](C)n1nnc2ccccc2c1=O. The van der Waals surface area contributed by atoms with E-state index in [4.69, 9.17) is 0 Å². The van der Waals surface area contributed by atoms with Crippen molar-refractivity contribution < 1.29 is 9.53 Å². The van der Waals surface area contributed by atoms with E-state index >= 15 is 0 Å². The Morgan fingerprint density at radius 3 is 2.82 bits per heavy atom. The number of carbonyl (C=O) groups is 1. The van der Waals surface area contributed by atoms with E-state index in [1.54, 1.807) is 24.3 Å². The number of rotatable bonds is 2. The summed E-state index contributed by atoms with van der Waals surface area (Å²) in [5.41, 5.74) is 0.152. The number of hydrogen-bond donors (Lipinski definition) is 0. The Bertz CT molecular complexity index is 621. The fourth-order valence-electron chi connectivity index (χ4n) is 1.53. The topological polar surface area (TPSA) is 74.1 Å². The van der Waals surface area contributed by atoms with Gasteiger partial charge in [-0.1, -0.05) is 17.3 Å². The van der Waals surface area contributed by atoms with E-state index in [0.717, 1.165) is 4.68 Å². The maximum Gasteiger partial charge on any atom is 0.330 e. The van der Waals surface area contributed by atoms with E-state index in [9.17, 15) is 9.59 Å². The average molecular weight is 233 g/mol. The van der Waals surface area contributed by atoms with Gasteiger partial charge in [0.2, 0.25) is 0 Å². The highest BCUT2D eigenvalue weighted by Gasteiger charge is 2.19. The molecule has 1 aromatic carbocycles. The van der Waals surface area contributed by atoms with Crippen molar-refractivity contribution in [1.82, 2.24) is 15.0 Å². The van der Waals surface area contributed by atoms with Gasteiger partial charge in [0.05, 0.1) is 12.5 Å². The first-order valence-electron chi connectivity index (χ1n) is 5.07. The second-order valence-corrected chi connectivity index (χ2v) is 3.56. The fourth-order valence-corrected chi connectivity index (χ4v) is 1.53. The molecule has 0 unspecified atom stereocenters. The van der Waals surface area contributed by atoms with Crippen LogP contribution in [-0.4, -0.2) is 28.1 Å². The summed E-state index contributed by atoms with van der Waals surface area (Å²) in [5, 5.41) is 8.04. The molecule has 0 saturated heterocycles. The van der Waals surface area contributed by atoms with Gasteiger partial charge < -0.3 is 4.74 Å². The Morgan fingerprint density at radius 1 is 1.41 bits per heavy atom. The number of fused-ring (bicyclic) bond motifs is 1. The van der Waals surface area contributed by atoms with Crippen molar-refractivity contribution in [2.45, 2.75) is 13.0 Å². The van der Waals surface area contributed by atoms with Crippen LogP contribution in [0, 0.1) is 0 Å². The highest BCUT2D eigenvalue weighted by Crippen LogP contribution is 2.07. The molecule has 0 saturated carbocycles. The summed E-state index contributed by atoms with van der Waals surface area (Å²) >= 11 is 0. The molecule has 1 heterocycles. The minimum Gasteiger partial charge on any atom is -0.467 e. The summed E-state index contributed by atoms with van der Waals surface area (Å²) in [7, 11) is 1.26. The lowest BCUT2D eigenvalue weighted by molar-refractivity contribution is -0.144. The summed E-state index contributed by atoms with van der Waals surface area (Å²) in [4.78, 5) is 23.4. The molecular weight excluding hydrogens is 222 g/mol. The van der Waals surface area contributed by atoms with Gasteiger partial charge in [-0.3, -0.25) is 4.79 Å². The first-order chi connectivity index (χ1) is 8.15. The van der Waals surface area contributed by atoms with Crippen LogP contribution in [0.4, 0.5) is 0 Å². The second-order valence-electron chi connectivity index (χ2n) is 3.56. The molecule has 0 spiro atoms. The molecule has 17 heavy (non-hydrogen) atoms. The summed E-state index contributed by atoms with van der Waals surface area (Å²) in [6.45, 7) is 1.54. The molecule has 0 aliphatic rings. The van der Waals surface area contributed by atoms with Crippen LogP contribution in [0.2, 0.25) is 0 Å². The zero-order valence-corrected chi connectivity index (χ0v) is 9.45. The van der Waals surface area contributed by atoms with E-state index in [2.05, 4.69) is 15.0 Å². The largest absolute Gasteiger partial charge is 0.467 e. The number of benzene rings is 1. The summed E-state index contributed by atoms with van der Waals surface area (Å²) in [6.07, 6.45) is 0. The van der Waals surface area contributed by atoms with Crippen molar-refractivity contribution in [1.29, 1.82) is 0 Å². The van der Waals surface area contributed by atoms with Crippen LogP contribution in [0.3, 0.4) is 0 Å². The van der Waals surface area contributed by atoms with E-state index in [-0.39, 0.29) is 5.56 Å². The van der Waals surface area contributed by atoms with Crippen LogP contribution in [0.5, 0.6) is 0 Å². The van der Waals surface area contributed by atoms with Crippen molar-refractivity contribution in [2.75, 3.05) is 7.11 Å². The minimum atomic E-state index is -0.787. The molecule has 0 bridgehead atoms. The predicted molar refractivity (Wildman–Crippen MR) is 60.5 cm³/mol. The molecule has 6 nitrogen and oxygen atoms in total. The Hall–Kier alpha value is -2.24. The molecule has 2 rings (SSSR count). The van der Waals surface area contributed by atoms with Gasteiger partial charge in [-0.15, -0.1) is 5.10 Å². The van der Waals surface area contributed by atoms with Gasteiger partial charge in [0, 0.05) is 0 Å².